The van der Waals surface area contributed by atoms with E-state index in [0.29, 0.717) is 6.42 Å². The number of hydrogen-bond acceptors (Lipinski definition) is 5. The molecule has 1 aromatic heterocycles. The van der Waals surface area contributed by atoms with Gasteiger partial charge in [-0.15, -0.1) is 0 Å². The van der Waals surface area contributed by atoms with Crippen LogP contribution in [-0.2, 0) is 26.2 Å². The van der Waals surface area contributed by atoms with E-state index in [1.54, 1.807) is 20.2 Å². The van der Waals surface area contributed by atoms with Gasteiger partial charge in [0.05, 0.1) is 0 Å². The Balaban J connectivity index is 1.73. The number of alkyl halides is 1. The molecule has 2 aliphatic rings. The zero-order valence-corrected chi connectivity index (χ0v) is 18.9. The van der Waals surface area contributed by atoms with Gasteiger partial charge in [0, 0.05) is 38.6 Å². The fraction of sp³-hybridized carbons (Fsp3) is 0.682. The van der Waals surface area contributed by atoms with Crippen LogP contribution in [0.15, 0.2) is 12.3 Å². The van der Waals surface area contributed by atoms with Gasteiger partial charge in [0.2, 0.25) is 17.6 Å². The monoisotopic (exact) mass is 449 g/mol. The molecule has 32 heavy (non-hydrogen) atoms. The molecule has 0 saturated heterocycles. The van der Waals surface area contributed by atoms with Gasteiger partial charge in [-0.3, -0.25) is 23.9 Å². The van der Waals surface area contributed by atoms with Crippen molar-refractivity contribution in [3.8, 4) is 0 Å². The molecular formula is C22H32FN5O4. The molecule has 10 heteroatoms. The van der Waals surface area contributed by atoms with Gasteiger partial charge < -0.3 is 16.0 Å². The van der Waals surface area contributed by atoms with E-state index in [-0.39, 0.29) is 36.4 Å². The minimum Gasteiger partial charge on any atom is -0.344 e. The fourth-order valence-electron chi connectivity index (χ4n) is 4.67. The second-order valence-electron chi connectivity index (χ2n) is 9.43. The molecule has 0 aliphatic heterocycles. The standard InChI is InChI=1S/C22H32FN5O4/c1-4-17(29)24-15(13-21(2)8-5-6-9-21)19(31)26-22(11-14(23)12-22)18(30)20(32)25-16-7-10-28(3)27-16/h7,10,14-15H,4-6,8-9,11-13H2,1-3H3,(H,24,29)(H,26,31)(H,25,27,32). The first kappa shape index (κ1) is 23.9. The van der Waals surface area contributed by atoms with Gasteiger partial charge >= 0.3 is 0 Å². The summed E-state index contributed by atoms with van der Waals surface area (Å²) in [5.74, 6) is -2.54. The molecule has 2 saturated carbocycles. The van der Waals surface area contributed by atoms with Gasteiger partial charge in [0.15, 0.2) is 5.82 Å². The maximum Gasteiger partial charge on any atom is 0.295 e. The minimum atomic E-state index is -1.62. The lowest BCUT2D eigenvalue weighted by Crippen LogP contribution is -2.68. The largest absolute Gasteiger partial charge is 0.344 e. The van der Waals surface area contributed by atoms with Gasteiger partial charge in [-0.2, -0.15) is 5.10 Å². The number of rotatable bonds is 9. The lowest BCUT2D eigenvalue weighted by molar-refractivity contribution is -0.146. The number of Topliss-reactive ketones (excluding diaryl/α,β-unsaturated/α-hetero) is 1. The van der Waals surface area contributed by atoms with E-state index in [9.17, 15) is 23.6 Å². The van der Waals surface area contributed by atoms with E-state index < -0.39 is 35.4 Å². The number of carbonyl (C=O) groups is 4. The number of amides is 3. The van der Waals surface area contributed by atoms with Crippen LogP contribution >= 0.6 is 0 Å². The van der Waals surface area contributed by atoms with Crippen LogP contribution in [0.5, 0.6) is 0 Å². The zero-order chi connectivity index (χ0) is 23.5. The molecule has 1 atom stereocenters. The van der Waals surface area contributed by atoms with Crippen molar-refractivity contribution in [3.63, 3.8) is 0 Å². The molecule has 1 aromatic rings. The van der Waals surface area contributed by atoms with Crippen molar-refractivity contribution in [1.29, 1.82) is 0 Å². The van der Waals surface area contributed by atoms with Crippen molar-refractivity contribution in [2.24, 2.45) is 12.5 Å². The Labute approximate surface area is 186 Å². The van der Waals surface area contributed by atoms with Gasteiger partial charge in [-0.25, -0.2) is 4.39 Å². The van der Waals surface area contributed by atoms with Crippen LogP contribution < -0.4 is 16.0 Å². The Hall–Kier alpha value is -2.78. The Kier molecular flexibility index (Phi) is 7.00. The minimum absolute atomic E-state index is 0.0984. The van der Waals surface area contributed by atoms with Crippen LogP contribution in [0.1, 0.15) is 65.2 Å². The van der Waals surface area contributed by atoms with Crippen molar-refractivity contribution in [2.45, 2.75) is 83.0 Å². The zero-order valence-electron chi connectivity index (χ0n) is 18.9. The van der Waals surface area contributed by atoms with Gasteiger partial charge in [0.1, 0.15) is 17.8 Å². The van der Waals surface area contributed by atoms with Gasteiger partial charge in [-0.1, -0.05) is 26.7 Å². The number of hydrogen-bond donors (Lipinski definition) is 3. The Morgan fingerprint density at radius 3 is 2.44 bits per heavy atom. The van der Waals surface area contributed by atoms with E-state index in [2.05, 4.69) is 28.0 Å². The third-order valence-electron chi connectivity index (χ3n) is 6.58. The summed E-state index contributed by atoms with van der Waals surface area (Å²) in [6, 6.07) is 0.668. The smallest absolute Gasteiger partial charge is 0.295 e. The number of aryl methyl sites for hydroxylation is 1. The quantitative estimate of drug-likeness (QED) is 0.496. The van der Waals surface area contributed by atoms with E-state index in [1.165, 1.54) is 10.7 Å². The summed E-state index contributed by atoms with van der Waals surface area (Å²) >= 11 is 0. The number of halogens is 1. The van der Waals surface area contributed by atoms with Crippen molar-refractivity contribution in [3.05, 3.63) is 12.3 Å². The highest BCUT2D eigenvalue weighted by atomic mass is 19.1. The second-order valence-corrected chi connectivity index (χ2v) is 9.43. The molecule has 0 bridgehead atoms. The van der Waals surface area contributed by atoms with Crippen LogP contribution in [0.2, 0.25) is 0 Å². The molecule has 3 N–H and O–H groups in total. The summed E-state index contributed by atoms with van der Waals surface area (Å²) in [7, 11) is 1.66. The second kappa shape index (κ2) is 9.38. The first-order valence-corrected chi connectivity index (χ1v) is 11.2. The molecule has 0 radical (unpaired) electrons. The van der Waals surface area contributed by atoms with Gasteiger partial charge in [0.25, 0.3) is 5.91 Å². The third-order valence-corrected chi connectivity index (χ3v) is 6.58. The maximum atomic E-state index is 13.9. The van der Waals surface area contributed by atoms with E-state index in [0.717, 1.165) is 25.7 Å². The summed E-state index contributed by atoms with van der Waals surface area (Å²) in [5.41, 5.74) is -1.72. The number of nitrogens with zero attached hydrogens (tertiary/aromatic N) is 2. The predicted molar refractivity (Wildman–Crippen MR) is 115 cm³/mol. The number of carbonyl (C=O) groups excluding carboxylic acids is 4. The molecule has 0 spiro atoms. The summed E-state index contributed by atoms with van der Waals surface area (Å²) in [6.45, 7) is 3.77. The van der Waals surface area contributed by atoms with Gasteiger partial charge in [-0.05, 0) is 24.7 Å². The SMILES string of the molecule is CCC(=O)NC(CC1(C)CCCC1)C(=O)NC1(C(=O)C(=O)Nc2ccn(C)n2)CC(F)C1. The summed E-state index contributed by atoms with van der Waals surface area (Å²) in [5, 5.41) is 11.8. The van der Waals surface area contributed by atoms with E-state index >= 15 is 0 Å². The molecule has 9 nitrogen and oxygen atoms in total. The highest BCUT2D eigenvalue weighted by Gasteiger charge is 2.54. The first-order chi connectivity index (χ1) is 15.1. The average Bonchev–Trinajstić information content (AvgIpc) is 3.33. The average molecular weight is 450 g/mol. The molecular weight excluding hydrogens is 417 g/mol. The molecule has 3 amide bonds. The van der Waals surface area contributed by atoms with Crippen LogP contribution in [-0.4, -0.2) is 51.0 Å². The molecule has 0 aromatic carbocycles. The Morgan fingerprint density at radius 2 is 1.91 bits per heavy atom. The Morgan fingerprint density at radius 1 is 1.25 bits per heavy atom. The lowest BCUT2D eigenvalue weighted by atomic mass is 9.71. The summed E-state index contributed by atoms with van der Waals surface area (Å²) < 4.78 is 15.3. The lowest BCUT2D eigenvalue weighted by Gasteiger charge is -2.43. The topological polar surface area (TPSA) is 122 Å². The molecule has 3 rings (SSSR count). The van der Waals surface area contributed by atoms with Crippen LogP contribution in [0.4, 0.5) is 10.2 Å². The van der Waals surface area contributed by atoms with Crippen LogP contribution in [0.25, 0.3) is 0 Å². The number of anilines is 1. The number of nitrogens with one attached hydrogen (secondary N) is 3. The Bertz CT molecular complexity index is 887. The molecule has 176 valence electrons. The van der Waals surface area contributed by atoms with Crippen molar-refractivity contribution in [2.75, 3.05) is 5.32 Å². The van der Waals surface area contributed by atoms with Crippen molar-refractivity contribution in [1.82, 2.24) is 20.4 Å². The number of ketones is 1. The fourth-order valence-corrected chi connectivity index (χ4v) is 4.67. The highest BCUT2D eigenvalue weighted by Crippen LogP contribution is 2.42. The molecule has 1 heterocycles. The van der Waals surface area contributed by atoms with E-state index in [4.69, 9.17) is 0 Å². The third kappa shape index (κ3) is 5.34. The first-order valence-electron chi connectivity index (χ1n) is 11.2. The highest BCUT2D eigenvalue weighted by molar-refractivity contribution is 6.44. The van der Waals surface area contributed by atoms with E-state index in [1.807, 2.05) is 0 Å². The van der Waals surface area contributed by atoms with Crippen LogP contribution in [0, 0.1) is 5.41 Å². The predicted octanol–water partition coefficient (Wildman–Crippen LogP) is 1.78. The molecule has 2 fully saturated rings. The molecule has 1 unspecified atom stereocenters. The summed E-state index contributed by atoms with van der Waals surface area (Å²) in [6.07, 6.45) is 4.40. The van der Waals surface area contributed by atoms with Crippen molar-refractivity contribution < 1.29 is 23.6 Å². The van der Waals surface area contributed by atoms with Crippen LogP contribution in [0.3, 0.4) is 0 Å². The molecule has 2 aliphatic carbocycles. The van der Waals surface area contributed by atoms with Crippen molar-refractivity contribution >= 4 is 29.3 Å². The maximum absolute atomic E-state index is 13.9. The number of aromatic nitrogens is 2. The normalized spacial score (nSPS) is 24.8. The summed E-state index contributed by atoms with van der Waals surface area (Å²) in [4.78, 5) is 50.7.